The normalized spacial score (nSPS) is 26.8. The maximum Gasteiger partial charge on any atom is 0.337 e. The van der Waals surface area contributed by atoms with Gasteiger partial charge in [-0.3, -0.25) is 0 Å². The lowest BCUT2D eigenvalue weighted by molar-refractivity contribution is -0.161. The highest BCUT2D eigenvalue weighted by atomic mass is 16.8. The van der Waals surface area contributed by atoms with Crippen molar-refractivity contribution in [3.05, 3.63) is 0 Å². The molecule has 1 fully saturated rings. The van der Waals surface area contributed by atoms with E-state index in [-0.39, 0.29) is 5.97 Å². The Morgan fingerprint density at radius 1 is 1.58 bits per heavy atom. The molecule has 0 amide bonds. The molecule has 1 heterocycles. The zero-order valence-corrected chi connectivity index (χ0v) is 7.20. The molecule has 0 spiro atoms. The van der Waals surface area contributed by atoms with Gasteiger partial charge in [0.15, 0.2) is 6.10 Å². The summed E-state index contributed by atoms with van der Waals surface area (Å²) in [6.07, 6.45) is 0.939. The lowest BCUT2D eigenvalue weighted by atomic mass is 10.2. The highest BCUT2D eigenvalue weighted by Gasteiger charge is 2.40. The van der Waals surface area contributed by atoms with Gasteiger partial charge >= 0.3 is 5.97 Å². The van der Waals surface area contributed by atoms with E-state index in [0.29, 0.717) is 12.8 Å². The minimum absolute atomic E-state index is 0.329. The van der Waals surface area contributed by atoms with Crippen LogP contribution in [0.2, 0.25) is 0 Å². The minimum atomic E-state index is -0.829. The molecule has 0 aromatic carbocycles. The molecule has 0 N–H and O–H groups in total. The Kier molecular flexibility index (Phi) is 2.47. The van der Waals surface area contributed by atoms with E-state index in [2.05, 4.69) is 0 Å². The summed E-state index contributed by atoms with van der Waals surface area (Å²) in [7, 11) is 0. The lowest BCUT2D eigenvalue weighted by Gasteiger charge is -2.14. The summed E-state index contributed by atoms with van der Waals surface area (Å²) >= 11 is 0. The topological polar surface area (TPSA) is 52.6 Å². The molecular weight excluding hydrogens is 160 g/mol. The maximum atomic E-state index is 11.0. The van der Waals surface area contributed by atoms with Crippen LogP contribution in [0.4, 0.5) is 0 Å². The van der Waals surface area contributed by atoms with Gasteiger partial charge in [-0.05, 0) is 6.42 Å². The largest absolute Gasteiger partial charge is 0.432 e. The van der Waals surface area contributed by atoms with Gasteiger partial charge in [0.1, 0.15) is 6.29 Å². The first-order chi connectivity index (χ1) is 5.55. The average Bonchev–Trinajstić information content (AvgIpc) is 2.20. The van der Waals surface area contributed by atoms with Gasteiger partial charge in [0, 0.05) is 20.3 Å². The Labute approximate surface area is 70.8 Å². The monoisotopic (exact) mass is 172 g/mol. The Bertz CT molecular complexity index is 197. The van der Waals surface area contributed by atoms with Crippen molar-refractivity contribution in [2.45, 2.75) is 38.6 Å². The second-order valence-electron chi connectivity index (χ2n) is 3.17. The van der Waals surface area contributed by atoms with Crippen LogP contribution in [0.1, 0.15) is 26.7 Å². The first kappa shape index (κ1) is 9.19. The van der Waals surface area contributed by atoms with Crippen molar-refractivity contribution in [3.8, 4) is 0 Å². The van der Waals surface area contributed by atoms with Crippen LogP contribution in [0, 0.1) is 0 Å². The average molecular weight is 172 g/mol. The van der Waals surface area contributed by atoms with E-state index in [4.69, 9.17) is 9.47 Å². The molecule has 0 aromatic rings. The van der Waals surface area contributed by atoms with Crippen LogP contribution in [0.3, 0.4) is 0 Å². The SMILES string of the molecule is CC1(C)OC(=O)[C@@H](CCC=O)O1. The second kappa shape index (κ2) is 3.23. The zero-order valence-electron chi connectivity index (χ0n) is 7.20. The molecule has 0 saturated carbocycles. The zero-order chi connectivity index (χ0) is 9.19. The van der Waals surface area contributed by atoms with Crippen molar-refractivity contribution in [2.75, 3.05) is 0 Å². The summed E-state index contributed by atoms with van der Waals surface area (Å²) in [5.74, 6) is -1.20. The van der Waals surface area contributed by atoms with Crippen LogP contribution in [0.5, 0.6) is 0 Å². The highest BCUT2D eigenvalue weighted by molar-refractivity contribution is 5.76. The molecule has 1 rings (SSSR count). The molecule has 68 valence electrons. The lowest BCUT2D eigenvalue weighted by Crippen LogP contribution is -2.21. The van der Waals surface area contributed by atoms with Crippen LogP contribution in [-0.2, 0) is 19.1 Å². The maximum absolute atomic E-state index is 11.0. The van der Waals surface area contributed by atoms with Gasteiger partial charge in [-0.2, -0.15) is 0 Å². The van der Waals surface area contributed by atoms with Crippen molar-refractivity contribution in [1.82, 2.24) is 0 Å². The molecule has 4 heteroatoms. The van der Waals surface area contributed by atoms with Gasteiger partial charge in [-0.1, -0.05) is 0 Å². The Morgan fingerprint density at radius 2 is 2.25 bits per heavy atom. The standard InChI is InChI=1S/C8H12O4/c1-8(2)11-6(4-3-5-9)7(10)12-8/h5-6H,3-4H2,1-2H3/t6-/m1/s1. The third-order valence-electron chi connectivity index (χ3n) is 1.58. The van der Waals surface area contributed by atoms with E-state index >= 15 is 0 Å². The van der Waals surface area contributed by atoms with E-state index < -0.39 is 11.9 Å². The van der Waals surface area contributed by atoms with Crippen molar-refractivity contribution in [2.24, 2.45) is 0 Å². The fourth-order valence-corrected chi connectivity index (χ4v) is 1.12. The van der Waals surface area contributed by atoms with Crippen LogP contribution in [-0.4, -0.2) is 24.1 Å². The van der Waals surface area contributed by atoms with Crippen LogP contribution in [0.15, 0.2) is 0 Å². The number of carbonyl (C=O) groups excluding carboxylic acids is 2. The van der Waals surface area contributed by atoms with Gasteiger partial charge in [-0.15, -0.1) is 0 Å². The third-order valence-corrected chi connectivity index (χ3v) is 1.58. The smallest absolute Gasteiger partial charge is 0.337 e. The summed E-state index contributed by atoms with van der Waals surface area (Å²) < 4.78 is 10.1. The number of ether oxygens (including phenoxy) is 2. The summed E-state index contributed by atoms with van der Waals surface area (Å²) in [5.41, 5.74) is 0. The molecule has 1 aliphatic rings. The number of hydrogen-bond donors (Lipinski definition) is 0. The first-order valence-electron chi connectivity index (χ1n) is 3.89. The van der Waals surface area contributed by atoms with Crippen LogP contribution in [0.25, 0.3) is 0 Å². The van der Waals surface area contributed by atoms with Gasteiger partial charge in [0.25, 0.3) is 0 Å². The Hall–Kier alpha value is -0.900. The number of rotatable bonds is 3. The molecule has 0 unspecified atom stereocenters. The van der Waals surface area contributed by atoms with E-state index in [1.807, 2.05) is 0 Å². The second-order valence-corrected chi connectivity index (χ2v) is 3.17. The molecule has 4 nitrogen and oxygen atoms in total. The summed E-state index contributed by atoms with van der Waals surface area (Å²) in [4.78, 5) is 21.1. The van der Waals surface area contributed by atoms with Crippen molar-refractivity contribution < 1.29 is 19.1 Å². The number of aldehydes is 1. The molecule has 0 bridgehead atoms. The summed E-state index contributed by atoms with van der Waals surface area (Å²) in [6.45, 7) is 3.34. The van der Waals surface area contributed by atoms with E-state index in [0.717, 1.165) is 6.29 Å². The highest BCUT2D eigenvalue weighted by Crippen LogP contribution is 2.25. The summed E-state index contributed by atoms with van der Waals surface area (Å²) in [5, 5.41) is 0. The predicted octanol–water partition coefficient (Wildman–Crippen LogP) is 0.644. The number of carbonyl (C=O) groups is 2. The molecule has 12 heavy (non-hydrogen) atoms. The summed E-state index contributed by atoms with van der Waals surface area (Å²) in [6, 6.07) is 0. The molecule has 1 aliphatic heterocycles. The molecule has 0 aliphatic carbocycles. The van der Waals surface area contributed by atoms with Crippen molar-refractivity contribution in [1.29, 1.82) is 0 Å². The molecule has 1 saturated heterocycles. The fourth-order valence-electron chi connectivity index (χ4n) is 1.12. The van der Waals surface area contributed by atoms with E-state index in [1.54, 1.807) is 13.8 Å². The molecule has 0 aromatic heterocycles. The number of hydrogen-bond acceptors (Lipinski definition) is 4. The Balaban J connectivity index is 2.46. The predicted molar refractivity (Wildman–Crippen MR) is 40.3 cm³/mol. The third kappa shape index (κ3) is 2.04. The number of cyclic esters (lactones) is 1. The van der Waals surface area contributed by atoms with Gasteiger partial charge in [0.2, 0.25) is 5.79 Å². The van der Waals surface area contributed by atoms with Gasteiger partial charge in [-0.25, -0.2) is 4.79 Å². The van der Waals surface area contributed by atoms with E-state index in [9.17, 15) is 9.59 Å². The number of esters is 1. The van der Waals surface area contributed by atoms with E-state index in [1.165, 1.54) is 0 Å². The quantitative estimate of drug-likeness (QED) is 0.463. The van der Waals surface area contributed by atoms with Crippen LogP contribution >= 0.6 is 0 Å². The molecular formula is C8H12O4. The first-order valence-corrected chi connectivity index (χ1v) is 3.89. The van der Waals surface area contributed by atoms with Crippen molar-refractivity contribution >= 4 is 12.3 Å². The Morgan fingerprint density at radius 3 is 2.67 bits per heavy atom. The van der Waals surface area contributed by atoms with Gasteiger partial charge < -0.3 is 14.3 Å². The fraction of sp³-hybridized carbons (Fsp3) is 0.750. The van der Waals surface area contributed by atoms with Gasteiger partial charge in [0.05, 0.1) is 0 Å². The molecule has 1 atom stereocenters. The van der Waals surface area contributed by atoms with Crippen molar-refractivity contribution in [3.63, 3.8) is 0 Å². The molecule has 0 radical (unpaired) electrons. The van der Waals surface area contributed by atoms with Crippen LogP contribution < -0.4 is 0 Å². The minimum Gasteiger partial charge on any atom is -0.432 e.